The highest BCUT2D eigenvalue weighted by molar-refractivity contribution is 5.46. The van der Waals surface area contributed by atoms with E-state index in [2.05, 4.69) is 10.1 Å². The number of ether oxygens (including phenoxy) is 1. The van der Waals surface area contributed by atoms with Gasteiger partial charge in [0, 0.05) is 18.7 Å². The van der Waals surface area contributed by atoms with Gasteiger partial charge in [-0.05, 0) is 17.7 Å². The molecule has 0 saturated carbocycles. The molecule has 1 N–H and O–H groups in total. The Kier molecular flexibility index (Phi) is 4.62. The van der Waals surface area contributed by atoms with Crippen molar-refractivity contribution in [3.05, 3.63) is 59.4 Å². The Morgan fingerprint density at radius 2 is 1.67 bits per heavy atom. The van der Waals surface area contributed by atoms with E-state index in [9.17, 15) is 22.0 Å². The molecule has 0 saturated heterocycles. The molecular formula is C14H10F5NO. The molecule has 7 heteroatoms. The van der Waals surface area contributed by atoms with Crippen molar-refractivity contribution in [2.45, 2.75) is 13.2 Å². The minimum Gasteiger partial charge on any atom is -0.435 e. The Labute approximate surface area is 117 Å². The first kappa shape index (κ1) is 15.1. The van der Waals surface area contributed by atoms with Gasteiger partial charge in [-0.15, -0.1) is 0 Å². The summed E-state index contributed by atoms with van der Waals surface area (Å²) in [6.07, 6.45) is 0. The first-order valence-corrected chi connectivity index (χ1v) is 5.88. The molecule has 0 fully saturated rings. The largest absolute Gasteiger partial charge is 0.435 e. The van der Waals surface area contributed by atoms with E-state index < -0.39 is 24.1 Å². The SMILES string of the molecule is Fc1cc(F)c(F)c(NCc2ccc(OC(F)F)cc2)c1. The van der Waals surface area contributed by atoms with E-state index in [1.165, 1.54) is 24.3 Å². The van der Waals surface area contributed by atoms with Crippen LogP contribution in [0.3, 0.4) is 0 Å². The summed E-state index contributed by atoms with van der Waals surface area (Å²) in [5, 5.41) is 2.53. The van der Waals surface area contributed by atoms with Gasteiger partial charge < -0.3 is 10.1 Å². The van der Waals surface area contributed by atoms with E-state index in [-0.39, 0.29) is 18.0 Å². The number of nitrogens with one attached hydrogen (secondary N) is 1. The van der Waals surface area contributed by atoms with Crippen molar-refractivity contribution in [3.8, 4) is 5.75 Å². The topological polar surface area (TPSA) is 21.3 Å². The van der Waals surface area contributed by atoms with Gasteiger partial charge in [0.1, 0.15) is 11.6 Å². The predicted octanol–water partition coefficient (Wildman–Crippen LogP) is 4.32. The standard InChI is InChI=1S/C14H10F5NO/c15-9-5-11(16)13(17)12(6-9)20-7-8-1-3-10(4-2-8)21-14(18)19/h1-6,14,20H,7H2. The van der Waals surface area contributed by atoms with E-state index in [1.807, 2.05) is 0 Å². The molecule has 0 aromatic heterocycles. The minimum atomic E-state index is -2.92. The fourth-order valence-electron chi connectivity index (χ4n) is 1.67. The van der Waals surface area contributed by atoms with Crippen molar-refractivity contribution in [2.24, 2.45) is 0 Å². The third-order valence-corrected chi connectivity index (χ3v) is 2.62. The highest BCUT2D eigenvalue weighted by Crippen LogP contribution is 2.21. The molecule has 0 bridgehead atoms. The molecule has 0 atom stereocenters. The number of hydrogen-bond acceptors (Lipinski definition) is 2. The van der Waals surface area contributed by atoms with Crippen molar-refractivity contribution in [2.75, 3.05) is 5.32 Å². The molecule has 2 nitrogen and oxygen atoms in total. The zero-order chi connectivity index (χ0) is 15.4. The second-order valence-corrected chi connectivity index (χ2v) is 4.13. The van der Waals surface area contributed by atoms with Gasteiger partial charge >= 0.3 is 6.61 Å². The number of alkyl halides is 2. The summed E-state index contributed by atoms with van der Waals surface area (Å²) < 4.78 is 67.5. The summed E-state index contributed by atoms with van der Waals surface area (Å²) in [6.45, 7) is -2.85. The number of anilines is 1. The van der Waals surface area contributed by atoms with Crippen molar-refractivity contribution in [3.63, 3.8) is 0 Å². The Morgan fingerprint density at radius 3 is 2.29 bits per heavy atom. The van der Waals surface area contributed by atoms with Crippen molar-refractivity contribution in [1.29, 1.82) is 0 Å². The first-order chi connectivity index (χ1) is 9.95. The first-order valence-electron chi connectivity index (χ1n) is 5.88. The third kappa shape index (κ3) is 4.08. The maximum atomic E-state index is 13.4. The van der Waals surface area contributed by atoms with E-state index in [4.69, 9.17) is 0 Å². The molecule has 2 aromatic carbocycles. The van der Waals surface area contributed by atoms with Crippen LogP contribution in [0.4, 0.5) is 27.6 Å². The fraction of sp³-hybridized carbons (Fsp3) is 0.143. The van der Waals surface area contributed by atoms with E-state index in [0.29, 0.717) is 11.6 Å². The lowest BCUT2D eigenvalue weighted by Gasteiger charge is -2.09. The van der Waals surface area contributed by atoms with Gasteiger partial charge in [0.15, 0.2) is 11.6 Å². The average molecular weight is 303 g/mol. The molecule has 2 rings (SSSR count). The highest BCUT2D eigenvalue weighted by Gasteiger charge is 2.10. The second kappa shape index (κ2) is 6.43. The molecule has 0 aliphatic carbocycles. The van der Waals surface area contributed by atoms with Crippen molar-refractivity contribution < 1.29 is 26.7 Å². The van der Waals surface area contributed by atoms with Gasteiger partial charge in [-0.25, -0.2) is 13.2 Å². The molecule has 0 radical (unpaired) electrons. The second-order valence-electron chi connectivity index (χ2n) is 4.13. The minimum absolute atomic E-state index is 0.0169. The van der Waals surface area contributed by atoms with Crippen molar-refractivity contribution >= 4 is 5.69 Å². The maximum absolute atomic E-state index is 13.4. The van der Waals surface area contributed by atoms with Crippen LogP contribution in [0.5, 0.6) is 5.75 Å². The molecule has 0 amide bonds. The van der Waals surface area contributed by atoms with E-state index in [0.717, 1.165) is 6.07 Å². The molecule has 0 aliphatic heterocycles. The van der Waals surface area contributed by atoms with Crippen LogP contribution in [0.25, 0.3) is 0 Å². The number of benzene rings is 2. The number of rotatable bonds is 5. The Hall–Kier alpha value is -2.31. The van der Waals surface area contributed by atoms with Gasteiger partial charge in [0.05, 0.1) is 5.69 Å². The van der Waals surface area contributed by atoms with Gasteiger partial charge in [-0.1, -0.05) is 12.1 Å². The van der Waals surface area contributed by atoms with Crippen molar-refractivity contribution in [1.82, 2.24) is 0 Å². The van der Waals surface area contributed by atoms with Crippen LogP contribution >= 0.6 is 0 Å². The molecule has 112 valence electrons. The van der Waals surface area contributed by atoms with Crippen LogP contribution < -0.4 is 10.1 Å². The normalized spacial score (nSPS) is 10.8. The number of hydrogen-bond donors (Lipinski definition) is 1. The monoisotopic (exact) mass is 303 g/mol. The predicted molar refractivity (Wildman–Crippen MR) is 66.7 cm³/mol. The summed E-state index contributed by atoms with van der Waals surface area (Å²) >= 11 is 0. The van der Waals surface area contributed by atoms with Gasteiger partial charge in [-0.3, -0.25) is 0 Å². The van der Waals surface area contributed by atoms with Gasteiger partial charge in [0.2, 0.25) is 0 Å². The van der Waals surface area contributed by atoms with Crippen LogP contribution in [0.15, 0.2) is 36.4 Å². The quantitative estimate of drug-likeness (QED) is 0.656. The summed E-state index contributed by atoms with van der Waals surface area (Å²) in [5.41, 5.74) is 0.279. The molecule has 21 heavy (non-hydrogen) atoms. The van der Waals surface area contributed by atoms with Crippen LogP contribution in [0.1, 0.15) is 5.56 Å². The van der Waals surface area contributed by atoms with Crippen LogP contribution in [-0.2, 0) is 6.54 Å². The summed E-state index contributed by atoms with van der Waals surface area (Å²) in [7, 11) is 0. The molecule has 0 aliphatic rings. The van der Waals surface area contributed by atoms with E-state index >= 15 is 0 Å². The molecule has 2 aromatic rings. The maximum Gasteiger partial charge on any atom is 0.387 e. The molecule has 0 heterocycles. The lowest BCUT2D eigenvalue weighted by atomic mass is 10.2. The summed E-state index contributed by atoms with van der Waals surface area (Å²) in [6, 6.07) is 6.83. The van der Waals surface area contributed by atoms with Crippen LogP contribution in [0, 0.1) is 17.5 Å². The summed E-state index contributed by atoms with van der Waals surface area (Å²) in [5.74, 6) is -3.40. The third-order valence-electron chi connectivity index (χ3n) is 2.62. The number of halogens is 5. The van der Waals surface area contributed by atoms with Crippen LogP contribution in [-0.4, -0.2) is 6.61 Å². The van der Waals surface area contributed by atoms with Gasteiger partial charge in [-0.2, -0.15) is 8.78 Å². The van der Waals surface area contributed by atoms with Crippen LogP contribution in [0.2, 0.25) is 0 Å². The van der Waals surface area contributed by atoms with Gasteiger partial charge in [0.25, 0.3) is 0 Å². The zero-order valence-electron chi connectivity index (χ0n) is 10.5. The fourth-order valence-corrected chi connectivity index (χ4v) is 1.67. The molecular weight excluding hydrogens is 293 g/mol. The Bertz CT molecular complexity index is 616. The lowest BCUT2D eigenvalue weighted by molar-refractivity contribution is -0.0498. The Balaban J connectivity index is 2.03. The van der Waals surface area contributed by atoms with E-state index in [1.54, 1.807) is 0 Å². The average Bonchev–Trinajstić information content (AvgIpc) is 2.42. The molecule has 0 unspecified atom stereocenters. The molecule has 0 spiro atoms. The lowest BCUT2D eigenvalue weighted by Crippen LogP contribution is -2.04. The highest BCUT2D eigenvalue weighted by atomic mass is 19.3. The smallest absolute Gasteiger partial charge is 0.387 e. The zero-order valence-corrected chi connectivity index (χ0v) is 10.5. The Morgan fingerprint density at radius 1 is 1.00 bits per heavy atom. The summed E-state index contributed by atoms with van der Waals surface area (Å²) in [4.78, 5) is 0.